The van der Waals surface area contributed by atoms with Gasteiger partial charge in [0, 0.05) is 26.6 Å². The molecule has 0 radical (unpaired) electrons. The van der Waals surface area contributed by atoms with Crippen LogP contribution >= 0.6 is 46.4 Å². The van der Waals surface area contributed by atoms with E-state index in [2.05, 4.69) is 5.92 Å². The van der Waals surface area contributed by atoms with Crippen LogP contribution < -0.4 is 0 Å². The second-order valence-corrected chi connectivity index (χ2v) is 13.4. The van der Waals surface area contributed by atoms with E-state index >= 15 is 0 Å². The highest BCUT2D eigenvalue weighted by molar-refractivity contribution is 6.37. The number of aliphatic hydroxyl groups excluding tert-OH is 2. The Labute approximate surface area is 282 Å². The summed E-state index contributed by atoms with van der Waals surface area (Å²) in [6, 6.07) is 9.75. The third-order valence-electron chi connectivity index (χ3n) is 8.76. The van der Waals surface area contributed by atoms with Gasteiger partial charge in [0.25, 0.3) is 0 Å². The van der Waals surface area contributed by atoms with Gasteiger partial charge < -0.3 is 19.7 Å². The Morgan fingerprint density at radius 1 is 0.867 bits per heavy atom. The number of ether oxygens (including phenoxy) is 2. The number of esters is 2. The molecule has 1 heterocycles. The van der Waals surface area contributed by atoms with Crippen molar-refractivity contribution in [3.63, 3.8) is 0 Å². The third-order valence-corrected chi connectivity index (χ3v) is 9.89. The van der Waals surface area contributed by atoms with E-state index in [-0.39, 0.29) is 36.8 Å². The van der Waals surface area contributed by atoms with Crippen LogP contribution in [-0.4, -0.2) is 41.1 Å². The van der Waals surface area contributed by atoms with Gasteiger partial charge in [0.05, 0.1) is 22.3 Å². The molecule has 0 aromatic heterocycles. The number of ketones is 1. The number of hydrogen-bond acceptors (Lipinski definition) is 7. The monoisotopic (exact) mass is 694 g/mol. The quantitative estimate of drug-likeness (QED) is 0.230. The Bertz CT molecular complexity index is 1530. The highest BCUT2D eigenvalue weighted by Crippen LogP contribution is 2.48. The predicted molar refractivity (Wildman–Crippen MR) is 174 cm³/mol. The minimum absolute atomic E-state index is 0.00590. The first-order chi connectivity index (χ1) is 21.5. The number of halogens is 4. The van der Waals surface area contributed by atoms with E-state index in [4.69, 9.17) is 61.0 Å². The van der Waals surface area contributed by atoms with Gasteiger partial charge in [-0.15, -0.1) is 0 Å². The maximum atomic E-state index is 12.2. The van der Waals surface area contributed by atoms with E-state index in [9.17, 15) is 19.5 Å². The molecule has 0 bridgehead atoms. The van der Waals surface area contributed by atoms with Crippen LogP contribution in [0, 0.1) is 22.9 Å². The van der Waals surface area contributed by atoms with Gasteiger partial charge in [-0.25, -0.2) is 4.79 Å². The van der Waals surface area contributed by atoms with E-state index in [1.807, 2.05) is 0 Å². The molecule has 240 valence electrons. The fraction of sp³-hybridized carbons (Fsp3) is 0.441. The molecule has 1 spiro atoms. The van der Waals surface area contributed by atoms with E-state index < -0.39 is 22.8 Å². The second-order valence-electron chi connectivity index (χ2n) is 11.7. The lowest BCUT2D eigenvalue weighted by Gasteiger charge is -2.39. The van der Waals surface area contributed by atoms with Crippen molar-refractivity contribution in [3.05, 3.63) is 73.4 Å². The summed E-state index contributed by atoms with van der Waals surface area (Å²) in [7, 11) is 0. The molecule has 11 heteroatoms. The SMILES string of the molecule is O=C(Cc1ccc(Cl)cc1Cl)OCC1(C(=O)C#CO)CCCCC1.O=C1OCC2(CCCCC2)C(O)=C1c1ccc(Cl)cc1Cl. The standard InChI is InChI=1S/C18H18Cl2O4.C16H16Cl2O3/c19-14-5-4-13(15(20)11-14)10-17(23)24-12-18(16(22)6-9-21)7-2-1-3-8-18;17-10-4-5-11(12(18)8-10)13-14(19)16(9-21-15(13)20)6-2-1-3-7-16/h4-5,11,21H,1-3,7-8,10,12H2;4-5,8,19H,1-3,6-7,9H2. The highest BCUT2D eigenvalue weighted by Gasteiger charge is 2.45. The topological polar surface area (TPSA) is 110 Å². The summed E-state index contributed by atoms with van der Waals surface area (Å²) in [6.07, 6.45) is 10.5. The average Bonchev–Trinajstić information content (AvgIpc) is 3.02. The summed E-state index contributed by atoms with van der Waals surface area (Å²) >= 11 is 24.0. The van der Waals surface area contributed by atoms with Crippen LogP contribution in [-0.2, 0) is 30.3 Å². The first kappa shape index (κ1) is 35.0. The Kier molecular flexibility index (Phi) is 12.1. The molecule has 0 saturated heterocycles. The van der Waals surface area contributed by atoms with Crippen molar-refractivity contribution in [1.82, 2.24) is 0 Å². The number of rotatable bonds is 6. The molecule has 2 aliphatic carbocycles. The van der Waals surface area contributed by atoms with Crippen molar-refractivity contribution < 1.29 is 34.1 Å². The summed E-state index contributed by atoms with van der Waals surface area (Å²) in [6.45, 7) is 0.233. The second kappa shape index (κ2) is 15.6. The smallest absolute Gasteiger partial charge is 0.342 e. The lowest BCUT2D eigenvalue weighted by Crippen LogP contribution is -2.38. The fourth-order valence-corrected chi connectivity index (χ4v) is 7.16. The Hall–Kier alpha value is -2.89. The van der Waals surface area contributed by atoms with Gasteiger partial charge in [0.2, 0.25) is 5.78 Å². The number of aliphatic hydroxyl groups is 2. The van der Waals surface area contributed by atoms with Gasteiger partial charge in [-0.3, -0.25) is 9.59 Å². The fourth-order valence-electron chi connectivity index (χ4n) is 6.18. The number of benzene rings is 2. The molecule has 2 N–H and O–H groups in total. The normalized spacial score (nSPS) is 18.5. The van der Waals surface area contributed by atoms with Crippen molar-refractivity contribution in [3.8, 4) is 12.0 Å². The third kappa shape index (κ3) is 8.48. The van der Waals surface area contributed by atoms with E-state index in [1.165, 1.54) is 0 Å². The van der Waals surface area contributed by atoms with E-state index in [0.29, 0.717) is 44.1 Å². The molecule has 45 heavy (non-hydrogen) atoms. The van der Waals surface area contributed by atoms with Crippen LogP contribution in [0.5, 0.6) is 0 Å². The van der Waals surface area contributed by atoms with Crippen molar-refractivity contribution in [2.45, 2.75) is 70.6 Å². The number of carbonyl (C=O) groups excluding carboxylic acids is 3. The Balaban J connectivity index is 0.000000206. The summed E-state index contributed by atoms with van der Waals surface area (Å²) in [5.74, 6) is 0.954. The Morgan fingerprint density at radius 3 is 2.07 bits per heavy atom. The van der Waals surface area contributed by atoms with Gasteiger partial charge in [0.1, 0.15) is 30.7 Å². The minimum Gasteiger partial charge on any atom is -0.511 e. The average molecular weight is 696 g/mol. The van der Waals surface area contributed by atoms with Gasteiger partial charge in [-0.1, -0.05) is 97.1 Å². The largest absolute Gasteiger partial charge is 0.511 e. The number of Topliss-reactive ketones (excluding diaryl/α,β-unsaturated/α-hetero) is 1. The van der Waals surface area contributed by atoms with Crippen molar-refractivity contribution >= 4 is 69.7 Å². The number of hydrogen-bond donors (Lipinski definition) is 2. The lowest BCUT2D eigenvalue weighted by molar-refractivity contribution is -0.149. The molecule has 2 saturated carbocycles. The maximum absolute atomic E-state index is 12.2. The molecule has 2 fully saturated rings. The van der Waals surface area contributed by atoms with Crippen LogP contribution in [0.2, 0.25) is 20.1 Å². The first-order valence-corrected chi connectivity index (χ1v) is 16.4. The first-order valence-electron chi connectivity index (χ1n) is 14.9. The molecule has 1 aliphatic heterocycles. The molecule has 2 aromatic carbocycles. The van der Waals surface area contributed by atoms with Crippen LogP contribution in [0.25, 0.3) is 5.57 Å². The lowest BCUT2D eigenvalue weighted by atomic mass is 9.70. The molecular weight excluding hydrogens is 662 g/mol. The molecule has 0 amide bonds. The van der Waals surface area contributed by atoms with Gasteiger partial charge in [-0.05, 0) is 55.5 Å². The van der Waals surface area contributed by atoms with E-state index in [0.717, 1.165) is 51.4 Å². The van der Waals surface area contributed by atoms with Gasteiger partial charge in [0.15, 0.2) is 0 Å². The van der Waals surface area contributed by atoms with Crippen LogP contribution in [0.1, 0.15) is 75.3 Å². The summed E-state index contributed by atoms with van der Waals surface area (Å²) < 4.78 is 10.7. The van der Waals surface area contributed by atoms with Crippen LogP contribution in [0.15, 0.2) is 42.2 Å². The molecular formula is C34H34Cl4O7. The molecule has 0 unspecified atom stereocenters. The maximum Gasteiger partial charge on any atom is 0.342 e. The molecule has 3 aliphatic rings. The van der Waals surface area contributed by atoms with Crippen LogP contribution in [0.3, 0.4) is 0 Å². The molecule has 7 nitrogen and oxygen atoms in total. The minimum atomic E-state index is -0.812. The summed E-state index contributed by atoms with van der Waals surface area (Å²) in [5, 5.41) is 21.2. The zero-order chi connectivity index (χ0) is 32.6. The zero-order valence-electron chi connectivity index (χ0n) is 24.6. The highest BCUT2D eigenvalue weighted by atomic mass is 35.5. The summed E-state index contributed by atoms with van der Waals surface area (Å²) in [4.78, 5) is 36.5. The predicted octanol–water partition coefficient (Wildman–Crippen LogP) is 8.70. The zero-order valence-corrected chi connectivity index (χ0v) is 27.6. The molecule has 5 rings (SSSR count). The number of cyclic esters (lactones) is 1. The van der Waals surface area contributed by atoms with Gasteiger partial charge in [-0.2, -0.15) is 0 Å². The van der Waals surface area contributed by atoms with Gasteiger partial charge >= 0.3 is 11.9 Å². The van der Waals surface area contributed by atoms with Crippen LogP contribution in [0.4, 0.5) is 0 Å². The van der Waals surface area contributed by atoms with Crippen molar-refractivity contribution in [2.24, 2.45) is 10.8 Å². The molecule has 2 aromatic rings. The van der Waals surface area contributed by atoms with Crippen molar-refractivity contribution in [1.29, 1.82) is 0 Å². The summed E-state index contributed by atoms with van der Waals surface area (Å²) in [5.41, 5.74) is 0.0287. The van der Waals surface area contributed by atoms with E-state index in [1.54, 1.807) is 42.5 Å². The molecule has 0 atom stereocenters. The number of carbonyl (C=O) groups is 3. The van der Waals surface area contributed by atoms with Crippen molar-refractivity contribution in [2.75, 3.05) is 13.2 Å². The Morgan fingerprint density at radius 2 is 1.47 bits per heavy atom.